The molecule has 0 bridgehead atoms. The van der Waals surface area contributed by atoms with Crippen molar-refractivity contribution in [2.24, 2.45) is 0 Å². The second kappa shape index (κ2) is 7.28. The molecule has 0 spiro atoms. The number of carbonyl (C=O) groups excluding carboxylic acids is 1. The molecule has 1 amide bonds. The molecule has 2 N–H and O–H groups in total. The molecule has 11 heteroatoms. The number of carbonyl (C=O) groups is 1. The first kappa shape index (κ1) is 18.5. The van der Waals surface area contributed by atoms with Gasteiger partial charge in [-0.25, -0.2) is 32.5 Å². The highest BCUT2D eigenvalue weighted by atomic mass is 32.2. The summed E-state index contributed by atoms with van der Waals surface area (Å²) in [6.07, 6.45) is 5.44. The Labute approximate surface area is 164 Å². The van der Waals surface area contributed by atoms with Crippen molar-refractivity contribution in [1.82, 2.24) is 19.4 Å². The van der Waals surface area contributed by atoms with Crippen LogP contribution < -0.4 is 10.0 Å². The van der Waals surface area contributed by atoms with Crippen LogP contribution in [-0.4, -0.2) is 33.7 Å². The fourth-order valence-electron chi connectivity index (χ4n) is 2.52. The van der Waals surface area contributed by atoms with Gasteiger partial charge in [0.25, 0.3) is 15.9 Å². The third-order valence-electron chi connectivity index (χ3n) is 3.86. The van der Waals surface area contributed by atoms with E-state index in [1.54, 1.807) is 6.07 Å². The van der Waals surface area contributed by atoms with Crippen LogP contribution in [0.4, 0.5) is 16.0 Å². The number of sulfonamides is 1. The number of hydrogen-bond acceptors (Lipinski definition) is 6. The lowest BCUT2D eigenvalue weighted by Crippen LogP contribution is -2.15. The third-order valence-corrected chi connectivity index (χ3v) is 5.21. The van der Waals surface area contributed by atoms with Crippen molar-refractivity contribution < 1.29 is 17.6 Å². The largest absolute Gasteiger partial charge is 0.321 e. The van der Waals surface area contributed by atoms with E-state index in [2.05, 4.69) is 25.0 Å². The Kier molecular flexibility index (Phi) is 4.64. The first-order valence-corrected chi connectivity index (χ1v) is 9.74. The summed E-state index contributed by atoms with van der Waals surface area (Å²) in [6.45, 7) is 0. The summed E-state index contributed by atoms with van der Waals surface area (Å²) in [4.78, 5) is 24.1. The number of rotatable bonds is 5. The summed E-state index contributed by atoms with van der Waals surface area (Å²) < 4.78 is 41.6. The van der Waals surface area contributed by atoms with Gasteiger partial charge in [-0.05, 0) is 42.5 Å². The minimum Gasteiger partial charge on any atom is -0.321 e. The van der Waals surface area contributed by atoms with Crippen LogP contribution in [0.3, 0.4) is 0 Å². The van der Waals surface area contributed by atoms with Crippen LogP contribution in [0.1, 0.15) is 10.5 Å². The predicted molar refractivity (Wildman–Crippen MR) is 102 cm³/mol. The van der Waals surface area contributed by atoms with Crippen molar-refractivity contribution in [3.63, 3.8) is 0 Å². The fraction of sp³-hybridized carbons (Fsp3) is 0. The molecule has 9 nitrogen and oxygen atoms in total. The number of benzene rings is 1. The van der Waals surface area contributed by atoms with Crippen molar-refractivity contribution in [2.75, 3.05) is 10.0 Å². The standard InChI is InChI=1S/C18H13FN6O3S/c19-12-2-7-16-23-15(11-25(16)10-12)17(26)22-13-3-5-14(6-4-13)29(27,28)24-18-20-8-1-9-21-18/h1-11H,(H,22,26)(H,20,21,24). The Morgan fingerprint density at radius 1 is 1.00 bits per heavy atom. The Hall–Kier alpha value is -3.86. The molecule has 146 valence electrons. The van der Waals surface area contributed by atoms with E-state index in [9.17, 15) is 17.6 Å². The van der Waals surface area contributed by atoms with Gasteiger partial charge in [0.2, 0.25) is 5.95 Å². The minimum absolute atomic E-state index is 0.0221. The fourth-order valence-corrected chi connectivity index (χ4v) is 3.48. The molecule has 0 atom stereocenters. The van der Waals surface area contributed by atoms with Gasteiger partial charge in [-0.1, -0.05) is 0 Å². The zero-order valence-corrected chi connectivity index (χ0v) is 15.5. The van der Waals surface area contributed by atoms with Gasteiger partial charge in [0.1, 0.15) is 17.2 Å². The summed E-state index contributed by atoms with van der Waals surface area (Å²) in [5, 5.41) is 2.61. The topological polar surface area (TPSA) is 118 Å². The van der Waals surface area contributed by atoms with E-state index in [0.717, 1.165) is 0 Å². The number of imidazole rings is 1. The summed E-state index contributed by atoms with van der Waals surface area (Å²) in [5.41, 5.74) is 0.885. The SMILES string of the molecule is O=C(Nc1ccc(S(=O)(=O)Nc2ncccn2)cc1)c1cn2cc(F)ccc2n1. The molecular formula is C18H13FN6O3S. The highest BCUT2D eigenvalue weighted by Gasteiger charge is 2.16. The smallest absolute Gasteiger partial charge is 0.275 e. The van der Waals surface area contributed by atoms with Crippen molar-refractivity contribution >= 4 is 33.2 Å². The van der Waals surface area contributed by atoms with Crippen LogP contribution in [0.5, 0.6) is 0 Å². The van der Waals surface area contributed by atoms with Crippen molar-refractivity contribution in [3.05, 3.63) is 78.8 Å². The lowest BCUT2D eigenvalue weighted by atomic mass is 10.3. The molecule has 29 heavy (non-hydrogen) atoms. The van der Waals surface area contributed by atoms with Gasteiger partial charge in [-0.3, -0.25) is 4.79 Å². The zero-order valence-electron chi connectivity index (χ0n) is 14.7. The van der Waals surface area contributed by atoms with Crippen LogP contribution in [0.15, 0.2) is 72.1 Å². The monoisotopic (exact) mass is 412 g/mol. The molecule has 0 unspecified atom stereocenters. The molecule has 0 aliphatic heterocycles. The maximum atomic E-state index is 13.3. The molecule has 0 fully saturated rings. The normalized spacial score (nSPS) is 11.3. The molecule has 3 heterocycles. The van der Waals surface area contributed by atoms with Gasteiger partial charge in [0.15, 0.2) is 0 Å². The molecule has 0 saturated carbocycles. The van der Waals surface area contributed by atoms with Crippen molar-refractivity contribution in [2.45, 2.75) is 4.90 Å². The summed E-state index contributed by atoms with van der Waals surface area (Å²) in [5.74, 6) is -1.01. The first-order valence-electron chi connectivity index (χ1n) is 8.26. The minimum atomic E-state index is -3.87. The summed E-state index contributed by atoms with van der Waals surface area (Å²) >= 11 is 0. The number of anilines is 2. The van der Waals surface area contributed by atoms with E-state index in [1.807, 2.05) is 0 Å². The van der Waals surface area contributed by atoms with E-state index in [0.29, 0.717) is 11.3 Å². The molecule has 0 radical (unpaired) electrons. The lowest BCUT2D eigenvalue weighted by Gasteiger charge is -2.07. The second-order valence-corrected chi connectivity index (χ2v) is 7.58. The van der Waals surface area contributed by atoms with Crippen molar-refractivity contribution in [1.29, 1.82) is 0 Å². The number of fused-ring (bicyclic) bond motifs is 1. The molecule has 0 aliphatic rings. The first-order chi connectivity index (χ1) is 13.9. The van der Waals surface area contributed by atoms with Crippen LogP contribution in [0, 0.1) is 5.82 Å². The number of halogens is 1. The Morgan fingerprint density at radius 3 is 2.45 bits per heavy atom. The maximum absolute atomic E-state index is 13.3. The van der Waals surface area contributed by atoms with E-state index in [4.69, 9.17) is 0 Å². The number of amides is 1. The third kappa shape index (κ3) is 4.04. The zero-order chi connectivity index (χ0) is 20.4. The molecule has 3 aromatic heterocycles. The quantitative estimate of drug-likeness (QED) is 0.519. The van der Waals surface area contributed by atoms with Crippen LogP contribution >= 0.6 is 0 Å². The van der Waals surface area contributed by atoms with Crippen LogP contribution in [-0.2, 0) is 10.0 Å². The Balaban J connectivity index is 1.49. The highest BCUT2D eigenvalue weighted by molar-refractivity contribution is 7.92. The number of pyridine rings is 1. The molecule has 1 aromatic carbocycles. The average molecular weight is 412 g/mol. The Bertz CT molecular complexity index is 1290. The molecular weight excluding hydrogens is 399 g/mol. The lowest BCUT2D eigenvalue weighted by molar-refractivity contribution is 0.102. The molecule has 0 aliphatic carbocycles. The number of aromatic nitrogens is 4. The van der Waals surface area contributed by atoms with Gasteiger partial charge in [-0.2, -0.15) is 0 Å². The number of nitrogens with one attached hydrogen (secondary N) is 2. The summed E-state index contributed by atoms with van der Waals surface area (Å²) in [7, 11) is -3.87. The number of nitrogens with zero attached hydrogens (tertiary/aromatic N) is 4. The van der Waals surface area contributed by atoms with Crippen LogP contribution in [0.25, 0.3) is 5.65 Å². The van der Waals surface area contributed by atoms with E-state index in [1.165, 1.54) is 65.6 Å². The second-order valence-electron chi connectivity index (χ2n) is 5.90. The molecule has 4 aromatic rings. The number of hydrogen-bond donors (Lipinski definition) is 2. The maximum Gasteiger partial charge on any atom is 0.275 e. The van der Waals surface area contributed by atoms with E-state index < -0.39 is 21.7 Å². The summed E-state index contributed by atoms with van der Waals surface area (Å²) in [6, 6.07) is 9.81. The Morgan fingerprint density at radius 2 is 1.72 bits per heavy atom. The van der Waals surface area contributed by atoms with Crippen LogP contribution in [0.2, 0.25) is 0 Å². The van der Waals surface area contributed by atoms with Gasteiger partial charge in [0.05, 0.1) is 4.90 Å². The van der Waals surface area contributed by atoms with E-state index >= 15 is 0 Å². The highest BCUT2D eigenvalue weighted by Crippen LogP contribution is 2.17. The molecule has 4 rings (SSSR count). The van der Waals surface area contributed by atoms with E-state index in [-0.39, 0.29) is 16.5 Å². The van der Waals surface area contributed by atoms with Gasteiger partial charge >= 0.3 is 0 Å². The molecule has 0 saturated heterocycles. The predicted octanol–water partition coefficient (Wildman–Crippen LogP) is 2.32. The van der Waals surface area contributed by atoms with Gasteiger partial charge in [0, 0.05) is 30.5 Å². The van der Waals surface area contributed by atoms with Gasteiger partial charge < -0.3 is 9.72 Å². The average Bonchev–Trinajstić information content (AvgIpc) is 3.12. The van der Waals surface area contributed by atoms with Crippen molar-refractivity contribution in [3.8, 4) is 0 Å². The van der Waals surface area contributed by atoms with Gasteiger partial charge in [-0.15, -0.1) is 0 Å².